The molecule has 0 unspecified atom stereocenters. The van der Waals surface area contributed by atoms with E-state index in [9.17, 15) is 13.2 Å². The Hall–Kier alpha value is -2.32. The van der Waals surface area contributed by atoms with Gasteiger partial charge in [-0.25, -0.2) is 18.1 Å². The number of sulfonamides is 1. The zero-order valence-electron chi connectivity index (χ0n) is 14.9. The van der Waals surface area contributed by atoms with E-state index in [1.807, 2.05) is 4.72 Å². The van der Waals surface area contributed by atoms with Crippen molar-refractivity contribution in [3.8, 4) is 22.8 Å². The van der Waals surface area contributed by atoms with Gasteiger partial charge in [0.1, 0.15) is 16.9 Å². The Bertz CT molecular complexity index is 974. The molecule has 0 saturated heterocycles. The van der Waals surface area contributed by atoms with Crippen molar-refractivity contribution in [1.29, 1.82) is 0 Å². The van der Waals surface area contributed by atoms with Crippen molar-refractivity contribution in [3.63, 3.8) is 0 Å². The number of halogens is 1. The van der Waals surface area contributed by atoms with E-state index in [-0.39, 0.29) is 11.7 Å². The Labute approximate surface area is 162 Å². The van der Waals surface area contributed by atoms with Crippen LogP contribution >= 0.6 is 11.6 Å². The molecule has 27 heavy (non-hydrogen) atoms. The van der Waals surface area contributed by atoms with Gasteiger partial charge in [0.25, 0.3) is 5.91 Å². The molecule has 1 aliphatic rings. The molecule has 1 amide bonds. The highest BCUT2D eigenvalue weighted by molar-refractivity contribution is 7.89. The fourth-order valence-corrected chi connectivity index (χ4v) is 3.27. The molecular weight excluding hydrogens is 392 g/mol. The first kappa shape index (κ1) is 19.4. The largest absolute Gasteiger partial charge is 0.496 e. The van der Waals surface area contributed by atoms with E-state index in [0.717, 1.165) is 25.5 Å². The zero-order valence-corrected chi connectivity index (χ0v) is 16.4. The summed E-state index contributed by atoms with van der Waals surface area (Å²) in [5.74, 6) is 0.0534. The van der Waals surface area contributed by atoms with Crippen LogP contribution in [0.15, 0.2) is 30.5 Å². The lowest BCUT2D eigenvalue weighted by atomic mass is 9.96. The second-order valence-electron chi connectivity index (χ2n) is 6.30. The molecule has 0 radical (unpaired) electrons. The van der Waals surface area contributed by atoms with Crippen LogP contribution in [0.4, 0.5) is 0 Å². The minimum Gasteiger partial charge on any atom is -0.496 e. The Morgan fingerprint density at radius 1 is 1.30 bits per heavy atom. The number of hydrogen-bond donors (Lipinski definition) is 1. The Morgan fingerprint density at radius 2 is 2.04 bits per heavy atom. The van der Waals surface area contributed by atoms with Gasteiger partial charge in [-0.15, -0.1) is 0 Å². The number of carbonyl (C=O) groups is 1. The van der Waals surface area contributed by atoms with E-state index in [1.165, 1.54) is 19.2 Å². The molecule has 7 nitrogen and oxygen atoms in total. The number of ether oxygens (including phenoxy) is 2. The standard InChI is InChI=1S/C18H19ClN2O5S/c1-25-16-9-11(17(22)21-27(2,23)24)6-7-14(16)12-8-15(19)18(20-10-12)26-13-4-3-5-13/h6-10,13H,3-5H2,1-2H3,(H,21,22). The van der Waals surface area contributed by atoms with Crippen LogP contribution < -0.4 is 14.2 Å². The molecule has 1 aromatic carbocycles. The molecule has 9 heteroatoms. The quantitative estimate of drug-likeness (QED) is 0.786. The second kappa shape index (κ2) is 7.74. The summed E-state index contributed by atoms with van der Waals surface area (Å²) < 4.78 is 35.5. The van der Waals surface area contributed by atoms with Crippen molar-refractivity contribution < 1.29 is 22.7 Å². The van der Waals surface area contributed by atoms with Gasteiger partial charge in [-0.2, -0.15) is 0 Å². The number of methoxy groups -OCH3 is 1. The van der Waals surface area contributed by atoms with Gasteiger partial charge in [0.2, 0.25) is 15.9 Å². The van der Waals surface area contributed by atoms with Gasteiger partial charge in [-0.3, -0.25) is 4.79 Å². The number of amides is 1. The third-order valence-corrected chi connectivity index (χ3v) is 5.02. The molecule has 1 aliphatic carbocycles. The van der Waals surface area contributed by atoms with Crippen LogP contribution in [-0.4, -0.2) is 38.8 Å². The number of hydrogen-bond acceptors (Lipinski definition) is 6. The lowest BCUT2D eigenvalue weighted by Crippen LogP contribution is -2.29. The molecule has 1 saturated carbocycles. The Morgan fingerprint density at radius 3 is 2.59 bits per heavy atom. The molecule has 3 rings (SSSR count). The molecule has 0 spiro atoms. The monoisotopic (exact) mass is 410 g/mol. The second-order valence-corrected chi connectivity index (χ2v) is 8.46. The number of benzene rings is 1. The van der Waals surface area contributed by atoms with Crippen molar-refractivity contribution in [1.82, 2.24) is 9.71 Å². The third kappa shape index (κ3) is 4.70. The average molecular weight is 411 g/mol. The molecule has 0 atom stereocenters. The van der Waals surface area contributed by atoms with Gasteiger partial charge in [0.05, 0.1) is 13.4 Å². The number of pyridine rings is 1. The maximum absolute atomic E-state index is 12.0. The van der Waals surface area contributed by atoms with Crippen molar-refractivity contribution in [2.24, 2.45) is 0 Å². The highest BCUT2D eigenvalue weighted by Gasteiger charge is 2.21. The van der Waals surface area contributed by atoms with Gasteiger partial charge < -0.3 is 9.47 Å². The molecule has 0 bridgehead atoms. The maximum atomic E-state index is 12.0. The number of carbonyl (C=O) groups excluding carboxylic acids is 1. The summed E-state index contributed by atoms with van der Waals surface area (Å²) in [6, 6.07) is 6.33. The predicted molar refractivity (Wildman–Crippen MR) is 102 cm³/mol. The number of nitrogens with one attached hydrogen (secondary N) is 1. The molecule has 1 aromatic heterocycles. The van der Waals surface area contributed by atoms with E-state index >= 15 is 0 Å². The van der Waals surface area contributed by atoms with Crippen molar-refractivity contribution in [2.45, 2.75) is 25.4 Å². The van der Waals surface area contributed by atoms with E-state index in [0.29, 0.717) is 27.8 Å². The van der Waals surface area contributed by atoms with Crippen LogP contribution in [0.1, 0.15) is 29.6 Å². The number of aromatic nitrogens is 1. The first-order chi connectivity index (χ1) is 12.8. The number of rotatable bonds is 6. The molecule has 1 heterocycles. The summed E-state index contributed by atoms with van der Waals surface area (Å²) in [5.41, 5.74) is 1.51. The first-order valence-corrected chi connectivity index (χ1v) is 10.6. The zero-order chi connectivity index (χ0) is 19.6. The Kier molecular flexibility index (Phi) is 5.57. The van der Waals surface area contributed by atoms with Gasteiger partial charge >= 0.3 is 0 Å². The fraction of sp³-hybridized carbons (Fsp3) is 0.333. The summed E-state index contributed by atoms with van der Waals surface area (Å²) in [4.78, 5) is 16.3. The Balaban J connectivity index is 1.87. The third-order valence-electron chi connectivity index (χ3n) is 4.19. The highest BCUT2D eigenvalue weighted by atomic mass is 35.5. The normalized spacial score (nSPS) is 14.3. The molecule has 1 fully saturated rings. The van der Waals surface area contributed by atoms with E-state index in [4.69, 9.17) is 21.1 Å². The van der Waals surface area contributed by atoms with Gasteiger partial charge in [-0.1, -0.05) is 11.6 Å². The van der Waals surface area contributed by atoms with Crippen LogP contribution in [0.3, 0.4) is 0 Å². The molecular formula is C18H19ClN2O5S. The predicted octanol–water partition coefficient (Wildman–Crippen LogP) is 3.03. The van der Waals surface area contributed by atoms with Gasteiger partial charge in [0.15, 0.2) is 0 Å². The van der Waals surface area contributed by atoms with Gasteiger partial charge in [0, 0.05) is 22.9 Å². The molecule has 2 aromatic rings. The lowest BCUT2D eigenvalue weighted by molar-refractivity contribution is 0.0981. The minimum atomic E-state index is -3.65. The van der Waals surface area contributed by atoms with E-state index in [1.54, 1.807) is 18.3 Å². The summed E-state index contributed by atoms with van der Waals surface area (Å²) >= 11 is 6.30. The minimum absolute atomic E-state index is 0.157. The summed E-state index contributed by atoms with van der Waals surface area (Å²) in [5, 5.41) is 0.389. The van der Waals surface area contributed by atoms with Crippen molar-refractivity contribution in [2.75, 3.05) is 13.4 Å². The number of nitrogens with zero attached hydrogens (tertiary/aromatic N) is 1. The fourth-order valence-electron chi connectivity index (χ4n) is 2.60. The van der Waals surface area contributed by atoms with Crippen molar-refractivity contribution >= 4 is 27.5 Å². The molecule has 1 N–H and O–H groups in total. The SMILES string of the molecule is COc1cc(C(=O)NS(C)(=O)=O)ccc1-c1cnc(OC2CCC2)c(Cl)c1. The van der Waals surface area contributed by atoms with Crippen LogP contribution in [0, 0.1) is 0 Å². The smallest absolute Gasteiger partial charge is 0.264 e. The summed E-state index contributed by atoms with van der Waals surface area (Å²) in [7, 11) is -2.19. The average Bonchev–Trinajstić information content (AvgIpc) is 2.57. The first-order valence-electron chi connectivity index (χ1n) is 8.29. The van der Waals surface area contributed by atoms with Crippen LogP contribution in [-0.2, 0) is 10.0 Å². The van der Waals surface area contributed by atoms with Gasteiger partial charge in [-0.05, 0) is 43.5 Å². The lowest BCUT2D eigenvalue weighted by Gasteiger charge is -2.26. The summed E-state index contributed by atoms with van der Waals surface area (Å²) in [6.07, 6.45) is 5.86. The van der Waals surface area contributed by atoms with Crippen LogP contribution in [0.5, 0.6) is 11.6 Å². The topological polar surface area (TPSA) is 94.6 Å². The summed E-state index contributed by atoms with van der Waals surface area (Å²) in [6.45, 7) is 0. The van der Waals surface area contributed by atoms with Crippen LogP contribution in [0.25, 0.3) is 11.1 Å². The maximum Gasteiger partial charge on any atom is 0.264 e. The van der Waals surface area contributed by atoms with E-state index in [2.05, 4.69) is 4.98 Å². The van der Waals surface area contributed by atoms with Crippen molar-refractivity contribution in [3.05, 3.63) is 41.0 Å². The van der Waals surface area contributed by atoms with Crippen LogP contribution in [0.2, 0.25) is 5.02 Å². The van der Waals surface area contributed by atoms with E-state index < -0.39 is 15.9 Å². The molecule has 144 valence electrons. The molecule has 0 aliphatic heterocycles. The highest BCUT2D eigenvalue weighted by Crippen LogP contribution is 2.35.